The quantitative estimate of drug-likeness (QED) is 0.800. The third-order valence-corrected chi connectivity index (χ3v) is 3.36. The van der Waals surface area contributed by atoms with E-state index in [0.717, 1.165) is 5.92 Å². The summed E-state index contributed by atoms with van der Waals surface area (Å²) in [6, 6.07) is 9.60. The van der Waals surface area contributed by atoms with Crippen LogP contribution in [-0.4, -0.2) is 6.04 Å². The Kier molecular flexibility index (Phi) is 3.42. The van der Waals surface area contributed by atoms with E-state index >= 15 is 0 Å². The van der Waals surface area contributed by atoms with Gasteiger partial charge in [0.25, 0.3) is 0 Å². The molecule has 1 saturated carbocycles. The summed E-state index contributed by atoms with van der Waals surface area (Å²) in [6.07, 6.45) is 6.10. The van der Waals surface area contributed by atoms with Gasteiger partial charge in [0.15, 0.2) is 0 Å². The highest BCUT2D eigenvalue weighted by Gasteiger charge is 2.25. The van der Waals surface area contributed by atoms with Crippen molar-refractivity contribution in [2.45, 2.75) is 45.1 Å². The molecule has 0 aliphatic heterocycles. The first-order chi connectivity index (χ1) is 7.28. The maximum Gasteiger partial charge on any atom is 0.00443 e. The SMILES string of the molecule is CCCc1ccc(CC2CC(N)C2)cc1. The Labute approximate surface area is 92.7 Å². The molecule has 2 rings (SSSR count). The second kappa shape index (κ2) is 4.80. The number of aryl methyl sites for hydroxylation is 1. The summed E-state index contributed by atoms with van der Waals surface area (Å²) < 4.78 is 0. The zero-order chi connectivity index (χ0) is 10.7. The molecule has 1 nitrogen and oxygen atoms in total. The molecule has 0 aromatic heterocycles. The largest absolute Gasteiger partial charge is 0.328 e. The zero-order valence-corrected chi connectivity index (χ0v) is 9.58. The number of benzene rings is 1. The summed E-state index contributed by atoms with van der Waals surface area (Å²) in [5.74, 6) is 0.844. The monoisotopic (exact) mass is 203 g/mol. The van der Waals surface area contributed by atoms with Crippen LogP contribution in [0.25, 0.3) is 0 Å². The second-order valence-corrected chi connectivity index (χ2v) is 4.87. The van der Waals surface area contributed by atoms with Crippen LogP contribution >= 0.6 is 0 Å². The lowest BCUT2D eigenvalue weighted by atomic mass is 9.77. The Morgan fingerprint density at radius 3 is 2.27 bits per heavy atom. The van der Waals surface area contributed by atoms with Gasteiger partial charge in [0.1, 0.15) is 0 Å². The van der Waals surface area contributed by atoms with Gasteiger partial charge in [-0.15, -0.1) is 0 Å². The van der Waals surface area contributed by atoms with Crippen LogP contribution in [0.15, 0.2) is 24.3 Å². The molecule has 0 atom stereocenters. The zero-order valence-electron chi connectivity index (χ0n) is 9.58. The molecule has 1 heteroatoms. The highest BCUT2D eigenvalue weighted by molar-refractivity contribution is 5.23. The maximum atomic E-state index is 5.79. The average Bonchev–Trinajstić information content (AvgIpc) is 2.19. The minimum absolute atomic E-state index is 0.481. The maximum absolute atomic E-state index is 5.79. The van der Waals surface area contributed by atoms with E-state index in [-0.39, 0.29) is 0 Å². The Morgan fingerprint density at radius 2 is 1.73 bits per heavy atom. The van der Waals surface area contributed by atoms with Crippen LogP contribution in [-0.2, 0) is 12.8 Å². The molecule has 0 spiro atoms. The Hall–Kier alpha value is -0.820. The third-order valence-electron chi connectivity index (χ3n) is 3.36. The molecule has 15 heavy (non-hydrogen) atoms. The molecule has 0 heterocycles. The number of hydrogen-bond donors (Lipinski definition) is 1. The topological polar surface area (TPSA) is 26.0 Å². The fourth-order valence-electron chi connectivity index (χ4n) is 2.42. The van der Waals surface area contributed by atoms with Gasteiger partial charge in [0.05, 0.1) is 0 Å². The molecule has 0 unspecified atom stereocenters. The van der Waals surface area contributed by atoms with Gasteiger partial charge >= 0.3 is 0 Å². The van der Waals surface area contributed by atoms with Crippen molar-refractivity contribution in [3.63, 3.8) is 0 Å². The molecule has 1 aromatic rings. The molecule has 1 aliphatic rings. The van der Waals surface area contributed by atoms with E-state index in [1.807, 2.05) is 0 Å². The molecule has 1 fully saturated rings. The van der Waals surface area contributed by atoms with E-state index in [1.165, 1.54) is 43.2 Å². The van der Waals surface area contributed by atoms with Crippen molar-refractivity contribution >= 4 is 0 Å². The molecular formula is C14H21N. The van der Waals surface area contributed by atoms with Crippen LogP contribution in [0.4, 0.5) is 0 Å². The normalized spacial score (nSPS) is 24.9. The van der Waals surface area contributed by atoms with E-state index in [0.29, 0.717) is 6.04 Å². The van der Waals surface area contributed by atoms with Gasteiger partial charge in [-0.1, -0.05) is 37.6 Å². The molecule has 2 N–H and O–H groups in total. The van der Waals surface area contributed by atoms with E-state index in [9.17, 15) is 0 Å². The molecule has 0 bridgehead atoms. The lowest BCUT2D eigenvalue weighted by Gasteiger charge is -2.32. The van der Waals surface area contributed by atoms with Gasteiger partial charge in [-0.3, -0.25) is 0 Å². The fourth-order valence-corrected chi connectivity index (χ4v) is 2.42. The Morgan fingerprint density at radius 1 is 1.13 bits per heavy atom. The highest BCUT2D eigenvalue weighted by atomic mass is 14.7. The molecular weight excluding hydrogens is 182 g/mol. The third kappa shape index (κ3) is 2.82. The van der Waals surface area contributed by atoms with Gasteiger partial charge in [-0.25, -0.2) is 0 Å². The van der Waals surface area contributed by atoms with Crippen LogP contribution in [0.1, 0.15) is 37.3 Å². The second-order valence-electron chi connectivity index (χ2n) is 4.87. The minimum Gasteiger partial charge on any atom is -0.328 e. The lowest BCUT2D eigenvalue weighted by molar-refractivity contribution is 0.264. The summed E-state index contributed by atoms with van der Waals surface area (Å²) in [5.41, 5.74) is 8.73. The van der Waals surface area contributed by atoms with Crippen molar-refractivity contribution in [2.75, 3.05) is 0 Å². The number of rotatable bonds is 4. The Balaban J connectivity index is 1.87. The fraction of sp³-hybridized carbons (Fsp3) is 0.571. The van der Waals surface area contributed by atoms with Gasteiger partial charge < -0.3 is 5.73 Å². The minimum atomic E-state index is 0.481. The summed E-state index contributed by atoms with van der Waals surface area (Å²) in [4.78, 5) is 0. The molecule has 82 valence electrons. The summed E-state index contributed by atoms with van der Waals surface area (Å²) >= 11 is 0. The van der Waals surface area contributed by atoms with Crippen molar-refractivity contribution < 1.29 is 0 Å². The molecule has 1 aliphatic carbocycles. The van der Waals surface area contributed by atoms with E-state index in [2.05, 4.69) is 31.2 Å². The van der Waals surface area contributed by atoms with Gasteiger partial charge in [0, 0.05) is 6.04 Å². The van der Waals surface area contributed by atoms with Crippen LogP contribution < -0.4 is 5.73 Å². The van der Waals surface area contributed by atoms with Crippen molar-refractivity contribution in [3.05, 3.63) is 35.4 Å². The molecule has 0 amide bonds. The summed E-state index contributed by atoms with van der Waals surface area (Å²) in [5, 5.41) is 0. The first-order valence-corrected chi connectivity index (χ1v) is 6.11. The Bertz CT molecular complexity index is 296. The predicted octanol–water partition coefficient (Wildman–Crippen LogP) is 2.92. The van der Waals surface area contributed by atoms with E-state index < -0.39 is 0 Å². The van der Waals surface area contributed by atoms with E-state index in [1.54, 1.807) is 0 Å². The van der Waals surface area contributed by atoms with Crippen molar-refractivity contribution in [3.8, 4) is 0 Å². The summed E-state index contributed by atoms with van der Waals surface area (Å²) in [7, 11) is 0. The molecule has 1 aromatic carbocycles. The standard InChI is InChI=1S/C14H21N/c1-2-3-11-4-6-12(7-5-11)8-13-9-14(15)10-13/h4-7,13-14H,2-3,8-10,15H2,1H3. The molecule has 0 saturated heterocycles. The van der Waals surface area contributed by atoms with Gasteiger partial charge in [-0.2, -0.15) is 0 Å². The van der Waals surface area contributed by atoms with Crippen LogP contribution in [0, 0.1) is 5.92 Å². The predicted molar refractivity (Wildman–Crippen MR) is 64.8 cm³/mol. The lowest BCUT2D eigenvalue weighted by Crippen LogP contribution is -2.37. The van der Waals surface area contributed by atoms with Gasteiger partial charge in [0.2, 0.25) is 0 Å². The van der Waals surface area contributed by atoms with Crippen LogP contribution in [0.2, 0.25) is 0 Å². The first-order valence-electron chi connectivity index (χ1n) is 6.11. The van der Waals surface area contributed by atoms with E-state index in [4.69, 9.17) is 5.73 Å². The first kappa shape index (κ1) is 10.7. The number of nitrogens with two attached hydrogens (primary N) is 1. The van der Waals surface area contributed by atoms with Crippen LogP contribution in [0.5, 0.6) is 0 Å². The highest BCUT2D eigenvalue weighted by Crippen LogP contribution is 2.29. The molecule has 0 radical (unpaired) electrons. The van der Waals surface area contributed by atoms with Crippen molar-refractivity contribution in [1.29, 1.82) is 0 Å². The smallest absolute Gasteiger partial charge is 0.00443 e. The average molecular weight is 203 g/mol. The van der Waals surface area contributed by atoms with Crippen molar-refractivity contribution in [2.24, 2.45) is 11.7 Å². The van der Waals surface area contributed by atoms with Gasteiger partial charge in [-0.05, 0) is 42.7 Å². The number of hydrogen-bond acceptors (Lipinski definition) is 1. The summed E-state index contributed by atoms with van der Waals surface area (Å²) in [6.45, 7) is 2.23. The van der Waals surface area contributed by atoms with Crippen molar-refractivity contribution in [1.82, 2.24) is 0 Å². The van der Waals surface area contributed by atoms with Crippen LogP contribution in [0.3, 0.4) is 0 Å².